The molecule has 1 aromatic heterocycles. The van der Waals surface area contributed by atoms with Gasteiger partial charge in [0, 0.05) is 19.3 Å². The SMILES string of the molecule is CC(=O)CCCS(=O)(=O)NC(=O)CC(C)(C)CC(C)(C)Cc1nn[nH]n1. The van der Waals surface area contributed by atoms with Gasteiger partial charge in [0.1, 0.15) is 5.78 Å². The summed E-state index contributed by atoms with van der Waals surface area (Å²) >= 11 is 0. The van der Waals surface area contributed by atoms with Gasteiger partial charge in [0.15, 0.2) is 5.82 Å². The van der Waals surface area contributed by atoms with E-state index in [0.29, 0.717) is 18.7 Å². The van der Waals surface area contributed by atoms with Crippen LogP contribution in [0.3, 0.4) is 0 Å². The Hall–Kier alpha value is -1.84. The fraction of sp³-hybridized carbons (Fsp3) is 0.812. The number of hydrogen-bond acceptors (Lipinski definition) is 7. The first-order valence-corrected chi connectivity index (χ1v) is 10.2. The average molecular weight is 388 g/mol. The van der Waals surface area contributed by atoms with Crippen LogP contribution in [0.5, 0.6) is 0 Å². The smallest absolute Gasteiger partial charge is 0.234 e. The van der Waals surface area contributed by atoms with Gasteiger partial charge in [0.2, 0.25) is 15.9 Å². The normalized spacial score (nSPS) is 12.8. The summed E-state index contributed by atoms with van der Waals surface area (Å²) in [5.74, 6) is -0.241. The van der Waals surface area contributed by atoms with Crippen LogP contribution < -0.4 is 4.72 Å². The van der Waals surface area contributed by atoms with Gasteiger partial charge in [0.25, 0.3) is 0 Å². The number of Topliss-reactive ketones (excluding diaryl/α,β-unsaturated/α-hetero) is 1. The number of aromatic amines is 1. The van der Waals surface area contributed by atoms with Crippen LogP contribution in [-0.2, 0) is 26.0 Å². The van der Waals surface area contributed by atoms with Crippen LogP contribution >= 0.6 is 0 Å². The molecule has 0 spiro atoms. The maximum atomic E-state index is 12.2. The molecule has 148 valence electrons. The molecule has 1 aromatic rings. The van der Waals surface area contributed by atoms with E-state index in [1.165, 1.54) is 6.92 Å². The van der Waals surface area contributed by atoms with Crippen LogP contribution in [0, 0.1) is 10.8 Å². The van der Waals surface area contributed by atoms with Crippen molar-refractivity contribution in [2.24, 2.45) is 10.8 Å². The van der Waals surface area contributed by atoms with E-state index in [2.05, 4.69) is 25.3 Å². The van der Waals surface area contributed by atoms with E-state index in [0.717, 1.165) is 0 Å². The topological polar surface area (TPSA) is 135 Å². The van der Waals surface area contributed by atoms with Crippen molar-refractivity contribution in [2.75, 3.05) is 5.75 Å². The number of rotatable bonds is 11. The molecule has 0 unspecified atom stereocenters. The fourth-order valence-electron chi connectivity index (χ4n) is 3.31. The molecule has 9 nitrogen and oxygen atoms in total. The summed E-state index contributed by atoms with van der Waals surface area (Å²) in [5, 5.41) is 13.9. The fourth-order valence-corrected chi connectivity index (χ4v) is 4.36. The molecule has 2 N–H and O–H groups in total. The molecule has 0 radical (unpaired) electrons. The summed E-state index contributed by atoms with van der Waals surface area (Å²) in [6.07, 6.45) is 1.74. The van der Waals surface area contributed by atoms with Gasteiger partial charge < -0.3 is 4.79 Å². The summed E-state index contributed by atoms with van der Waals surface area (Å²) in [4.78, 5) is 23.1. The van der Waals surface area contributed by atoms with Crippen LogP contribution in [0.2, 0.25) is 0 Å². The number of ketones is 1. The van der Waals surface area contributed by atoms with Gasteiger partial charge in [-0.1, -0.05) is 32.9 Å². The number of tetrazole rings is 1. The van der Waals surface area contributed by atoms with Crippen LogP contribution in [0.25, 0.3) is 0 Å². The molecule has 0 aliphatic carbocycles. The van der Waals surface area contributed by atoms with Crippen LogP contribution in [0.15, 0.2) is 0 Å². The van der Waals surface area contributed by atoms with E-state index in [-0.39, 0.29) is 36.2 Å². The van der Waals surface area contributed by atoms with Gasteiger partial charge in [0.05, 0.1) is 5.75 Å². The summed E-state index contributed by atoms with van der Waals surface area (Å²) in [6, 6.07) is 0. The van der Waals surface area contributed by atoms with E-state index in [1.807, 2.05) is 27.7 Å². The zero-order valence-corrected chi connectivity index (χ0v) is 16.9. The Kier molecular flexibility index (Phi) is 7.43. The Bertz CT molecular complexity index is 711. The lowest BCUT2D eigenvalue weighted by molar-refractivity contribution is -0.121. The number of carbonyl (C=O) groups excluding carboxylic acids is 2. The minimum absolute atomic E-state index is 0.0727. The second-order valence-electron chi connectivity index (χ2n) is 8.34. The highest BCUT2D eigenvalue weighted by atomic mass is 32.2. The van der Waals surface area contributed by atoms with Crippen molar-refractivity contribution in [1.29, 1.82) is 0 Å². The molecule has 0 saturated carbocycles. The quantitative estimate of drug-likeness (QED) is 0.585. The molecule has 1 rings (SSSR count). The first-order valence-electron chi connectivity index (χ1n) is 8.55. The Morgan fingerprint density at radius 3 is 2.35 bits per heavy atom. The molecule has 10 heteroatoms. The Labute approximate surface area is 154 Å². The third kappa shape index (κ3) is 9.02. The molecule has 1 amide bonds. The van der Waals surface area contributed by atoms with Crippen molar-refractivity contribution in [3.05, 3.63) is 5.82 Å². The number of amides is 1. The maximum absolute atomic E-state index is 12.2. The molecule has 0 aliphatic rings. The summed E-state index contributed by atoms with van der Waals surface area (Å²) in [5.41, 5.74) is -0.597. The maximum Gasteiger partial charge on any atom is 0.234 e. The Morgan fingerprint density at radius 2 is 1.81 bits per heavy atom. The van der Waals surface area contributed by atoms with Gasteiger partial charge in [-0.15, -0.1) is 10.2 Å². The van der Waals surface area contributed by atoms with Gasteiger partial charge in [-0.25, -0.2) is 8.42 Å². The van der Waals surface area contributed by atoms with E-state index < -0.39 is 21.3 Å². The summed E-state index contributed by atoms with van der Waals surface area (Å²) in [7, 11) is -3.72. The van der Waals surface area contributed by atoms with Gasteiger partial charge >= 0.3 is 0 Å². The number of aromatic nitrogens is 4. The number of nitrogens with one attached hydrogen (secondary N) is 2. The zero-order valence-electron chi connectivity index (χ0n) is 16.1. The highest BCUT2D eigenvalue weighted by Gasteiger charge is 2.32. The number of hydrogen-bond donors (Lipinski definition) is 2. The first kappa shape index (κ1) is 22.2. The van der Waals surface area contributed by atoms with Crippen molar-refractivity contribution in [1.82, 2.24) is 25.3 Å². The van der Waals surface area contributed by atoms with E-state index in [4.69, 9.17) is 0 Å². The monoisotopic (exact) mass is 387 g/mol. The third-order valence-electron chi connectivity index (χ3n) is 3.83. The van der Waals surface area contributed by atoms with Crippen molar-refractivity contribution < 1.29 is 18.0 Å². The molecule has 0 atom stereocenters. The largest absolute Gasteiger partial charge is 0.300 e. The molecular formula is C16H29N5O4S. The van der Waals surface area contributed by atoms with Crippen molar-refractivity contribution in [2.45, 2.75) is 66.7 Å². The highest BCUT2D eigenvalue weighted by Crippen LogP contribution is 2.37. The molecular weight excluding hydrogens is 358 g/mol. The molecule has 0 aromatic carbocycles. The van der Waals surface area contributed by atoms with Crippen LogP contribution in [-0.4, -0.2) is 46.5 Å². The van der Waals surface area contributed by atoms with Crippen molar-refractivity contribution in [3.63, 3.8) is 0 Å². The molecule has 26 heavy (non-hydrogen) atoms. The molecule has 0 aliphatic heterocycles. The predicted molar refractivity (Wildman–Crippen MR) is 96.5 cm³/mol. The summed E-state index contributed by atoms with van der Waals surface area (Å²) in [6.45, 7) is 9.34. The summed E-state index contributed by atoms with van der Waals surface area (Å²) < 4.78 is 26.0. The number of nitrogens with zero attached hydrogens (tertiary/aromatic N) is 3. The van der Waals surface area contributed by atoms with Crippen LogP contribution in [0.4, 0.5) is 0 Å². The Morgan fingerprint density at radius 1 is 1.15 bits per heavy atom. The minimum atomic E-state index is -3.72. The number of H-pyrrole nitrogens is 1. The second kappa shape index (κ2) is 8.70. The molecule has 0 fully saturated rings. The zero-order chi connectivity index (χ0) is 20.0. The second-order valence-corrected chi connectivity index (χ2v) is 10.2. The first-order chi connectivity index (χ1) is 11.8. The standard InChI is InChI=1S/C16H29N5O4S/c1-12(22)7-6-8-26(24,25)19-14(23)10-16(4,5)11-15(2,3)9-13-17-20-21-18-13/h6-11H2,1-5H3,(H,19,23)(H,17,18,20,21). The predicted octanol–water partition coefficient (Wildman–Crippen LogP) is 1.39. The molecule has 0 bridgehead atoms. The Balaban J connectivity index is 2.56. The molecule has 0 saturated heterocycles. The number of carbonyl (C=O) groups is 2. The van der Waals surface area contributed by atoms with Crippen LogP contribution in [0.1, 0.15) is 66.1 Å². The lowest BCUT2D eigenvalue weighted by Gasteiger charge is -2.34. The van der Waals surface area contributed by atoms with Gasteiger partial charge in [-0.05, 0) is 30.6 Å². The highest BCUT2D eigenvalue weighted by molar-refractivity contribution is 7.90. The van der Waals surface area contributed by atoms with E-state index in [9.17, 15) is 18.0 Å². The number of sulfonamides is 1. The van der Waals surface area contributed by atoms with Gasteiger partial charge in [-0.2, -0.15) is 5.21 Å². The lowest BCUT2D eigenvalue weighted by atomic mass is 9.71. The third-order valence-corrected chi connectivity index (χ3v) is 5.20. The van der Waals surface area contributed by atoms with Gasteiger partial charge in [-0.3, -0.25) is 9.52 Å². The minimum Gasteiger partial charge on any atom is -0.300 e. The van der Waals surface area contributed by atoms with Crippen molar-refractivity contribution >= 4 is 21.7 Å². The van der Waals surface area contributed by atoms with E-state index in [1.54, 1.807) is 0 Å². The lowest BCUT2D eigenvalue weighted by Crippen LogP contribution is -2.36. The molecule has 1 heterocycles. The average Bonchev–Trinajstić information content (AvgIpc) is 2.86. The van der Waals surface area contributed by atoms with E-state index >= 15 is 0 Å². The van der Waals surface area contributed by atoms with Crippen molar-refractivity contribution in [3.8, 4) is 0 Å².